The van der Waals surface area contributed by atoms with Crippen molar-refractivity contribution in [1.82, 2.24) is 0 Å². The maximum absolute atomic E-state index is 11.4. The van der Waals surface area contributed by atoms with Gasteiger partial charge in [0.15, 0.2) is 11.8 Å². The Morgan fingerprint density at radius 3 is 2.27 bits per heavy atom. The molecule has 80 valence electrons. The number of carbonyl (C=O) groups is 2. The lowest BCUT2D eigenvalue weighted by atomic mass is 10.1. The monoisotopic (exact) mass is 209 g/mol. The molecule has 1 rings (SSSR count). The van der Waals surface area contributed by atoms with Crippen molar-refractivity contribution in [2.45, 2.75) is 6.04 Å². The van der Waals surface area contributed by atoms with Gasteiger partial charge in [0.2, 0.25) is 0 Å². The smallest absolute Gasteiger partial charge is 0.328 e. The molecule has 0 aliphatic rings. The molecule has 0 aliphatic heterocycles. The van der Waals surface area contributed by atoms with E-state index in [9.17, 15) is 9.59 Å². The summed E-state index contributed by atoms with van der Waals surface area (Å²) in [5.41, 5.74) is 5.44. The average Bonchev–Trinajstić information content (AvgIpc) is 2.27. The minimum absolute atomic E-state index is 0.255. The molecule has 0 amide bonds. The quantitative estimate of drug-likeness (QED) is 0.549. The van der Waals surface area contributed by atoms with Gasteiger partial charge in [-0.25, -0.2) is 0 Å². The molecule has 5 heteroatoms. The second kappa shape index (κ2) is 4.56. The third-order valence-corrected chi connectivity index (χ3v) is 1.92. The molecule has 1 aromatic carbocycles. The first kappa shape index (κ1) is 11.2. The Morgan fingerprint density at radius 1 is 1.33 bits per heavy atom. The lowest BCUT2D eigenvalue weighted by Crippen LogP contribution is -2.38. The topological polar surface area (TPSA) is 89.6 Å². The highest BCUT2D eigenvalue weighted by molar-refractivity contribution is 6.11. The van der Waals surface area contributed by atoms with E-state index in [4.69, 9.17) is 15.6 Å². The van der Waals surface area contributed by atoms with Crippen LogP contribution in [0.25, 0.3) is 0 Å². The SMILES string of the molecule is COc1ccc(C(=O)C(N)C(=O)O)cc1. The highest BCUT2D eigenvalue weighted by atomic mass is 16.5. The number of rotatable bonds is 4. The number of hydrogen-bond acceptors (Lipinski definition) is 4. The van der Waals surface area contributed by atoms with Crippen LogP contribution in [0, 0.1) is 0 Å². The van der Waals surface area contributed by atoms with Crippen LogP contribution in [0.5, 0.6) is 5.75 Å². The zero-order chi connectivity index (χ0) is 11.4. The molecule has 1 aromatic rings. The van der Waals surface area contributed by atoms with E-state index in [0.717, 1.165) is 0 Å². The van der Waals surface area contributed by atoms with E-state index >= 15 is 0 Å². The van der Waals surface area contributed by atoms with Crippen molar-refractivity contribution >= 4 is 11.8 Å². The van der Waals surface area contributed by atoms with Gasteiger partial charge in [-0.15, -0.1) is 0 Å². The predicted octanol–water partition coefficient (Wildman–Crippen LogP) is 0.290. The number of ether oxygens (including phenoxy) is 1. The van der Waals surface area contributed by atoms with E-state index < -0.39 is 17.8 Å². The second-order valence-corrected chi connectivity index (χ2v) is 2.91. The van der Waals surface area contributed by atoms with Gasteiger partial charge in [-0.1, -0.05) is 0 Å². The molecule has 0 heterocycles. The van der Waals surface area contributed by atoms with Crippen LogP contribution in [-0.4, -0.2) is 30.0 Å². The number of carboxylic acid groups (broad SMARTS) is 1. The van der Waals surface area contributed by atoms with Gasteiger partial charge >= 0.3 is 5.97 Å². The van der Waals surface area contributed by atoms with Gasteiger partial charge < -0.3 is 15.6 Å². The number of nitrogens with two attached hydrogens (primary N) is 1. The first-order valence-corrected chi connectivity index (χ1v) is 4.23. The molecular weight excluding hydrogens is 198 g/mol. The third-order valence-electron chi connectivity index (χ3n) is 1.92. The Hall–Kier alpha value is -1.88. The van der Waals surface area contributed by atoms with Gasteiger partial charge in [0.25, 0.3) is 0 Å². The molecule has 0 spiro atoms. The van der Waals surface area contributed by atoms with E-state index in [2.05, 4.69) is 0 Å². The number of carbonyl (C=O) groups excluding carboxylic acids is 1. The normalized spacial score (nSPS) is 11.9. The molecule has 15 heavy (non-hydrogen) atoms. The Labute approximate surface area is 86.5 Å². The Kier molecular flexibility index (Phi) is 3.41. The van der Waals surface area contributed by atoms with Crippen LogP contribution in [0.2, 0.25) is 0 Å². The number of ketones is 1. The highest BCUT2D eigenvalue weighted by Crippen LogP contribution is 2.12. The standard InChI is InChI=1S/C10H11NO4/c1-15-7-4-2-6(3-5-7)9(12)8(11)10(13)14/h2-5,8H,11H2,1H3,(H,13,14). The average molecular weight is 209 g/mol. The maximum Gasteiger partial charge on any atom is 0.328 e. The third kappa shape index (κ3) is 2.54. The van der Waals surface area contributed by atoms with E-state index in [1.807, 2.05) is 0 Å². The van der Waals surface area contributed by atoms with Gasteiger partial charge in [0.1, 0.15) is 5.75 Å². The summed E-state index contributed by atoms with van der Waals surface area (Å²) in [6.07, 6.45) is 0. The molecule has 0 saturated carbocycles. The zero-order valence-electron chi connectivity index (χ0n) is 8.14. The van der Waals surface area contributed by atoms with E-state index in [1.54, 1.807) is 12.1 Å². The summed E-state index contributed by atoms with van der Waals surface area (Å²) in [5, 5.41) is 8.54. The molecule has 1 atom stereocenters. The van der Waals surface area contributed by atoms with Crippen LogP contribution in [0.15, 0.2) is 24.3 Å². The fraction of sp³-hybridized carbons (Fsp3) is 0.200. The van der Waals surface area contributed by atoms with Gasteiger partial charge in [-0.05, 0) is 24.3 Å². The van der Waals surface area contributed by atoms with E-state index in [1.165, 1.54) is 19.2 Å². The molecule has 0 saturated heterocycles. The van der Waals surface area contributed by atoms with E-state index in [0.29, 0.717) is 5.75 Å². The van der Waals surface area contributed by atoms with Crippen molar-refractivity contribution in [3.05, 3.63) is 29.8 Å². The van der Waals surface area contributed by atoms with Crippen molar-refractivity contribution in [2.24, 2.45) is 5.73 Å². The lowest BCUT2D eigenvalue weighted by Gasteiger charge is -2.05. The van der Waals surface area contributed by atoms with Crippen LogP contribution in [0.1, 0.15) is 10.4 Å². The number of Topliss-reactive ketones (excluding diaryl/α,β-unsaturated/α-hetero) is 1. The van der Waals surface area contributed by atoms with Crippen molar-refractivity contribution in [2.75, 3.05) is 7.11 Å². The summed E-state index contributed by atoms with van der Waals surface area (Å²) in [4.78, 5) is 21.9. The maximum atomic E-state index is 11.4. The minimum atomic E-state index is -1.52. The van der Waals surface area contributed by atoms with Crippen molar-refractivity contribution in [1.29, 1.82) is 0 Å². The van der Waals surface area contributed by atoms with Crippen molar-refractivity contribution < 1.29 is 19.4 Å². The molecule has 0 bridgehead atoms. The van der Waals surface area contributed by atoms with Crippen LogP contribution in [0.4, 0.5) is 0 Å². The first-order valence-electron chi connectivity index (χ1n) is 4.23. The molecule has 1 unspecified atom stereocenters. The molecular formula is C10H11NO4. The van der Waals surface area contributed by atoms with Crippen molar-refractivity contribution in [3.8, 4) is 5.75 Å². The number of carboxylic acids is 1. The zero-order valence-corrected chi connectivity index (χ0v) is 8.14. The van der Waals surface area contributed by atoms with Gasteiger partial charge in [-0.3, -0.25) is 9.59 Å². The van der Waals surface area contributed by atoms with Gasteiger partial charge in [0.05, 0.1) is 7.11 Å². The number of methoxy groups -OCH3 is 1. The molecule has 0 aromatic heterocycles. The Morgan fingerprint density at radius 2 is 1.87 bits per heavy atom. The highest BCUT2D eigenvalue weighted by Gasteiger charge is 2.22. The summed E-state index contributed by atoms with van der Waals surface area (Å²) in [6.45, 7) is 0. The molecule has 3 N–H and O–H groups in total. The molecule has 0 radical (unpaired) electrons. The summed E-state index contributed by atoms with van der Waals surface area (Å²) in [6, 6.07) is 4.58. The number of benzene rings is 1. The minimum Gasteiger partial charge on any atom is -0.497 e. The molecule has 5 nitrogen and oxygen atoms in total. The lowest BCUT2D eigenvalue weighted by molar-refractivity contribution is -0.137. The Bertz CT molecular complexity index is 372. The Balaban J connectivity index is 2.87. The molecule has 0 aliphatic carbocycles. The van der Waals surface area contributed by atoms with E-state index in [-0.39, 0.29) is 5.56 Å². The summed E-state index contributed by atoms with van der Waals surface area (Å²) in [5.74, 6) is -1.36. The van der Waals surface area contributed by atoms with Crippen molar-refractivity contribution in [3.63, 3.8) is 0 Å². The summed E-state index contributed by atoms with van der Waals surface area (Å²) >= 11 is 0. The molecule has 0 fully saturated rings. The van der Waals surface area contributed by atoms with Gasteiger partial charge in [-0.2, -0.15) is 0 Å². The fourth-order valence-electron chi connectivity index (χ4n) is 1.05. The largest absolute Gasteiger partial charge is 0.497 e. The summed E-state index contributed by atoms with van der Waals surface area (Å²) < 4.78 is 4.90. The fourth-order valence-corrected chi connectivity index (χ4v) is 1.05. The number of hydrogen-bond donors (Lipinski definition) is 2. The second-order valence-electron chi connectivity index (χ2n) is 2.91. The summed E-state index contributed by atoms with van der Waals surface area (Å²) in [7, 11) is 1.50. The predicted molar refractivity (Wildman–Crippen MR) is 52.9 cm³/mol. The number of aliphatic carboxylic acids is 1. The van der Waals surface area contributed by atoms with Crippen LogP contribution < -0.4 is 10.5 Å². The van der Waals surface area contributed by atoms with Crippen LogP contribution in [0.3, 0.4) is 0 Å². The van der Waals surface area contributed by atoms with Gasteiger partial charge in [0, 0.05) is 5.56 Å². The van der Waals surface area contributed by atoms with Crippen LogP contribution >= 0.6 is 0 Å². The first-order chi connectivity index (χ1) is 7.06. The van der Waals surface area contributed by atoms with Crippen LogP contribution in [-0.2, 0) is 4.79 Å².